The van der Waals surface area contributed by atoms with Crippen LogP contribution in [0, 0.1) is 13.8 Å². The van der Waals surface area contributed by atoms with Crippen LogP contribution < -0.4 is 5.73 Å². The van der Waals surface area contributed by atoms with E-state index < -0.39 is 0 Å². The minimum absolute atomic E-state index is 0.572. The Kier molecular flexibility index (Phi) is 4.34. The highest BCUT2D eigenvalue weighted by molar-refractivity contribution is 5.37. The molecule has 5 nitrogen and oxygen atoms in total. The number of hydrogen-bond acceptors (Lipinski definition) is 5. The van der Waals surface area contributed by atoms with Crippen LogP contribution in [0.5, 0.6) is 0 Å². The zero-order chi connectivity index (χ0) is 15.5. The number of nitrogens with two attached hydrogens (primary N) is 1. The topological polar surface area (TPSA) is 67.9 Å². The average Bonchev–Trinajstić information content (AvgIpc) is 2.51. The monoisotopic (exact) mass is 297 g/mol. The average molecular weight is 297 g/mol. The Morgan fingerprint density at radius 1 is 1.23 bits per heavy atom. The highest BCUT2D eigenvalue weighted by Gasteiger charge is 2.22. The van der Waals surface area contributed by atoms with Crippen molar-refractivity contribution in [2.45, 2.75) is 39.2 Å². The molecule has 2 aromatic heterocycles. The van der Waals surface area contributed by atoms with Gasteiger partial charge in [-0.05, 0) is 57.5 Å². The van der Waals surface area contributed by atoms with E-state index in [4.69, 9.17) is 5.73 Å². The predicted molar refractivity (Wildman–Crippen MR) is 87.4 cm³/mol. The fourth-order valence-corrected chi connectivity index (χ4v) is 3.04. The first-order valence-electron chi connectivity index (χ1n) is 7.84. The third-order valence-electron chi connectivity index (χ3n) is 4.35. The van der Waals surface area contributed by atoms with Gasteiger partial charge < -0.3 is 5.73 Å². The summed E-state index contributed by atoms with van der Waals surface area (Å²) in [6, 6.07) is 4.27. The second kappa shape index (κ2) is 6.40. The number of nitrogen functional groups attached to an aromatic ring is 1. The van der Waals surface area contributed by atoms with Crippen molar-refractivity contribution >= 4 is 5.82 Å². The van der Waals surface area contributed by atoms with Crippen LogP contribution in [0.15, 0.2) is 24.5 Å². The first-order chi connectivity index (χ1) is 10.6. The normalized spacial score (nSPS) is 16.8. The highest BCUT2D eigenvalue weighted by atomic mass is 15.1. The van der Waals surface area contributed by atoms with E-state index in [9.17, 15) is 0 Å². The summed E-state index contributed by atoms with van der Waals surface area (Å²) in [7, 11) is 0. The molecular weight excluding hydrogens is 274 g/mol. The quantitative estimate of drug-likeness (QED) is 0.942. The Morgan fingerprint density at radius 3 is 2.68 bits per heavy atom. The standard InChI is InChI=1S/C17H23N5/c1-12-3-6-19-16(9-12)14-4-7-22(8-5-14)11-15-10-20-13(2)21-17(15)18/h3,6,9-10,14H,4-5,7-8,11H2,1-2H3,(H2,18,20,21). The van der Waals surface area contributed by atoms with Gasteiger partial charge in [0, 0.05) is 36.1 Å². The van der Waals surface area contributed by atoms with E-state index in [1.807, 2.05) is 19.3 Å². The Morgan fingerprint density at radius 2 is 2.00 bits per heavy atom. The maximum Gasteiger partial charge on any atom is 0.131 e. The van der Waals surface area contributed by atoms with Crippen molar-refractivity contribution < 1.29 is 0 Å². The molecule has 2 N–H and O–H groups in total. The van der Waals surface area contributed by atoms with E-state index in [0.717, 1.165) is 43.9 Å². The molecule has 1 saturated heterocycles. The van der Waals surface area contributed by atoms with Gasteiger partial charge in [0.2, 0.25) is 0 Å². The highest BCUT2D eigenvalue weighted by Crippen LogP contribution is 2.28. The van der Waals surface area contributed by atoms with Crippen LogP contribution in [0.3, 0.4) is 0 Å². The third kappa shape index (κ3) is 3.42. The minimum atomic E-state index is 0.572. The Balaban J connectivity index is 1.60. The van der Waals surface area contributed by atoms with Gasteiger partial charge in [-0.1, -0.05) is 0 Å². The number of aromatic nitrogens is 3. The first kappa shape index (κ1) is 14.9. The molecule has 1 aliphatic rings. The number of aryl methyl sites for hydroxylation is 2. The molecule has 0 atom stereocenters. The van der Waals surface area contributed by atoms with E-state index in [1.165, 1.54) is 11.3 Å². The molecule has 3 rings (SSSR count). The molecule has 1 fully saturated rings. The zero-order valence-corrected chi connectivity index (χ0v) is 13.3. The van der Waals surface area contributed by atoms with E-state index in [1.54, 1.807) is 0 Å². The van der Waals surface area contributed by atoms with E-state index in [0.29, 0.717) is 11.7 Å². The molecule has 5 heteroatoms. The molecule has 0 saturated carbocycles. The molecule has 2 aromatic rings. The molecule has 1 aliphatic heterocycles. The van der Waals surface area contributed by atoms with Gasteiger partial charge in [-0.2, -0.15) is 0 Å². The molecule has 0 spiro atoms. The van der Waals surface area contributed by atoms with Gasteiger partial charge in [0.1, 0.15) is 11.6 Å². The predicted octanol–water partition coefficient (Wildman–Crippen LogP) is 2.45. The van der Waals surface area contributed by atoms with E-state index >= 15 is 0 Å². The largest absolute Gasteiger partial charge is 0.383 e. The van der Waals surface area contributed by atoms with Gasteiger partial charge in [0.15, 0.2) is 0 Å². The minimum Gasteiger partial charge on any atom is -0.383 e. The van der Waals surface area contributed by atoms with E-state index in [2.05, 4.69) is 38.9 Å². The van der Waals surface area contributed by atoms with Gasteiger partial charge in [0.05, 0.1) is 0 Å². The number of rotatable bonds is 3. The van der Waals surface area contributed by atoms with Crippen LogP contribution in [0.4, 0.5) is 5.82 Å². The van der Waals surface area contributed by atoms with Gasteiger partial charge in [-0.3, -0.25) is 9.88 Å². The number of likely N-dealkylation sites (tertiary alicyclic amines) is 1. The summed E-state index contributed by atoms with van der Waals surface area (Å²) in [6.07, 6.45) is 6.05. The summed E-state index contributed by atoms with van der Waals surface area (Å²) in [4.78, 5) is 15.5. The lowest BCUT2D eigenvalue weighted by Gasteiger charge is -2.31. The lowest BCUT2D eigenvalue weighted by molar-refractivity contribution is 0.203. The Bertz CT molecular complexity index is 647. The van der Waals surface area contributed by atoms with Crippen LogP contribution in [0.1, 0.15) is 41.4 Å². The summed E-state index contributed by atoms with van der Waals surface area (Å²) in [6.45, 7) is 6.95. The molecule has 0 aromatic carbocycles. The molecule has 0 aliphatic carbocycles. The van der Waals surface area contributed by atoms with Crippen molar-refractivity contribution in [2.24, 2.45) is 0 Å². The summed E-state index contributed by atoms with van der Waals surface area (Å²) < 4.78 is 0. The molecule has 0 radical (unpaired) electrons. The van der Waals surface area contributed by atoms with Crippen molar-refractivity contribution in [3.63, 3.8) is 0 Å². The molecule has 3 heterocycles. The summed E-state index contributed by atoms with van der Waals surface area (Å²) >= 11 is 0. The van der Waals surface area contributed by atoms with Crippen LogP contribution >= 0.6 is 0 Å². The fourth-order valence-electron chi connectivity index (χ4n) is 3.04. The van der Waals surface area contributed by atoms with Crippen molar-refractivity contribution in [3.05, 3.63) is 47.2 Å². The second-order valence-corrected chi connectivity index (χ2v) is 6.14. The zero-order valence-electron chi connectivity index (χ0n) is 13.3. The SMILES string of the molecule is Cc1ccnc(C2CCN(Cc3cnc(C)nc3N)CC2)c1. The van der Waals surface area contributed by atoms with Crippen LogP contribution in [-0.4, -0.2) is 32.9 Å². The van der Waals surface area contributed by atoms with Crippen molar-refractivity contribution in [1.29, 1.82) is 0 Å². The van der Waals surface area contributed by atoms with Crippen molar-refractivity contribution in [2.75, 3.05) is 18.8 Å². The number of piperidine rings is 1. The number of anilines is 1. The van der Waals surface area contributed by atoms with E-state index in [-0.39, 0.29) is 0 Å². The number of nitrogens with zero attached hydrogens (tertiary/aromatic N) is 4. The maximum absolute atomic E-state index is 5.99. The van der Waals surface area contributed by atoms with Crippen molar-refractivity contribution in [1.82, 2.24) is 19.9 Å². The Hall–Kier alpha value is -2.01. The molecule has 0 bridgehead atoms. The lowest BCUT2D eigenvalue weighted by Crippen LogP contribution is -2.33. The lowest BCUT2D eigenvalue weighted by atomic mass is 9.92. The van der Waals surface area contributed by atoms with Crippen LogP contribution in [0.2, 0.25) is 0 Å². The third-order valence-corrected chi connectivity index (χ3v) is 4.35. The fraction of sp³-hybridized carbons (Fsp3) is 0.471. The van der Waals surface area contributed by atoms with Gasteiger partial charge in [-0.25, -0.2) is 9.97 Å². The maximum atomic E-state index is 5.99. The smallest absolute Gasteiger partial charge is 0.131 e. The second-order valence-electron chi connectivity index (χ2n) is 6.14. The summed E-state index contributed by atoms with van der Waals surface area (Å²) in [5.74, 6) is 1.91. The molecular formula is C17H23N5. The van der Waals surface area contributed by atoms with Gasteiger partial charge >= 0.3 is 0 Å². The van der Waals surface area contributed by atoms with Gasteiger partial charge in [-0.15, -0.1) is 0 Å². The van der Waals surface area contributed by atoms with Crippen molar-refractivity contribution in [3.8, 4) is 0 Å². The van der Waals surface area contributed by atoms with Gasteiger partial charge in [0.25, 0.3) is 0 Å². The summed E-state index contributed by atoms with van der Waals surface area (Å²) in [5, 5.41) is 0. The summed E-state index contributed by atoms with van der Waals surface area (Å²) in [5.41, 5.74) is 9.53. The first-order valence-corrected chi connectivity index (χ1v) is 7.84. The molecule has 116 valence electrons. The molecule has 0 unspecified atom stereocenters. The molecule has 0 amide bonds. The number of hydrogen-bond donors (Lipinski definition) is 1. The van der Waals surface area contributed by atoms with Crippen LogP contribution in [0.25, 0.3) is 0 Å². The number of pyridine rings is 1. The molecule has 22 heavy (non-hydrogen) atoms. The Labute approximate surface area is 131 Å². The van der Waals surface area contributed by atoms with Crippen LogP contribution in [-0.2, 0) is 6.54 Å².